The van der Waals surface area contributed by atoms with Crippen molar-refractivity contribution >= 4 is 22.7 Å². The van der Waals surface area contributed by atoms with E-state index >= 15 is 0 Å². The number of allylic oxidation sites excluding steroid dienone is 1. The van der Waals surface area contributed by atoms with Crippen molar-refractivity contribution in [3.8, 4) is 0 Å². The predicted molar refractivity (Wildman–Crippen MR) is 79.8 cm³/mol. The van der Waals surface area contributed by atoms with Gasteiger partial charge in [-0.1, -0.05) is 17.7 Å². The van der Waals surface area contributed by atoms with Crippen LogP contribution in [0.5, 0.6) is 0 Å². The quantitative estimate of drug-likeness (QED) is 0.692. The molecule has 0 radical (unpaired) electrons. The monoisotopic (exact) mass is 283 g/mol. The smallest absolute Gasteiger partial charge is 0.235 e. The Hall–Kier alpha value is -2.43. The van der Waals surface area contributed by atoms with Gasteiger partial charge in [0.05, 0.1) is 23.7 Å². The van der Waals surface area contributed by atoms with Gasteiger partial charge in [-0.05, 0) is 25.5 Å². The van der Waals surface area contributed by atoms with E-state index in [0.29, 0.717) is 19.4 Å². The van der Waals surface area contributed by atoms with Crippen LogP contribution in [0.3, 0.4) is 0 Å². The Morgan fingerprint density at radius 1 is 1.48 bits per heavy atom. The molecule has 108 valence electrons. The number of aryl methyl sites for hydroxylation is 1. The minimum absolute atomic E-state index is 0.206. The van der Waals surface area contributed by atoms with Gasteiger partial charge in [0.1, 0.15) is 0 Å². The summed E-state index contributed by atoms with van der Waals surface area (Å²) in [6.07, 6.45) is 2.65. The first kappa shape index (κ1) is 13.5. The van der Waals surface area contributed by atoms with Crippen LogP contribution in [0.2, 0.25) is 0 Å². The third kappa shape index (κ3) is 2.35. The number of aromatic nitrogens is 2. The Labute approximate surface area is 122 Å². The molecule has 1 unspecified atom stereocenters. The molecule has 0 saturated carbocycles. The molecule has 1 aromatic heterocycles. The average Bonchev–Trinajstić information content (AvgIpc) is 2.77. The molecule has 1 atom stereocenters. The van der Waals surface area contributed by atoms with Crippen LogP contribution in [0.1, 0.15) is 30.0 Å². The van der Waals surface area contributed by atoms with Crippen LogP contribution < -0.4 is 5.32 Å². The van der Waals surface area contributed by atoms with Crippen LogP contribution >= 0.6 is 0 Å². The number of fused-ring (bicyclic) bond motifs is 1. The lowest BCUT2D eigenvalue weighted by molar-refractivity contribution is -0.134. The van der Waals surface area contributed by atoms with Crippen LogP contribution in [-0.4, -0.2) is 21.6 Å². The fourth-order valence-corrected chi connectivity index (χ4v) is 2.79. The molecule has 3 rings (SSSR count). The highest BCUT2D eigenvalue weighted by Crippen LogP contribution is 2.31. The highest BCUT2D eigenvalue weighted by Gasteiger charge is 2.31. The SMILES string of the molecule is C=CCn1nc(C2CCC(=O)NC2=O)c2cc(C)ccc21. The van der Waals surface area contributed by atoms with Crippen molar-refractivity contribution in [2.45, 2.75) is 32.2 Å². The summed E-state index contributed by atoms with van der Waals surface area (Å²) in [6, 6.07) is 6.08. The van der Waals surface area contributed by atoms with Gasteiger partial charge in [0.15, 0.2) is 0 Å². The molecular weight excluding hydrogens is 266 g/mol. The molecule has 0 spiro atoms. The highest BCUT2D eigenvalue weighted by atomic mass is 16.2. The fourth-order valence-electron chi connectivity index (χ4n) is 2.79. The van der Waals surface area contributed by atoms with Gasteiger partial charge in [-0.2, -0.15) is 5.10 Å². The maximum Gasteiger partial charge on any atom is 0.235 e. The summed E-state index contributed by atoms with van der Waals surface area (Å²) >= 11 is 0. The third-order valence-electron chi connectivity index (χ3n) is 3.81. The molecule has 1 saturated heterocycles. The number of nitrogens with one attached hydrogen (secondary N) is 1. The standard InChI is InChI=1S/C16H17N3O2/c1-3-8-19-13-6-4-10(2)9-12(13)15(18-19)11-5-7-14(20)17-16(11)21/h3-4,6,9,11H,1,5,7-8H2,2H3,(H,17,20,21). The third-order valence-corrected chi connectivity index (χ3v) is 3.81. The molecule has 1 N–H and O–H groups in total. The summed E-state index contributed by atoms with van der Waals surface area (Å²) < 4.78 is 1.85. The normalized spacial score (nSPS) is 18.8. The second-order valence-electron chi connectivity index (χ2n) is 5.38. The Bertz CT molecular complexity index is 745. The minimum Gasteiger partial charge on any atom is -0.296 e. The second kappa shape index (κ2) is 5.16. The van der Waals surface area contributed by atoms with E-state index in [1.807, 2.05) is 29.8 Å². The molecule has 5 nitrogen and oxygen atoms in total. The number of piperidine rings is 1. The maximum atomic E-state index is 12.1. The fraction of sp³-hybridized carbons (Fsp3) is 0.312. The van der Waals surface area contributed by atoms with Gasteiger partial charge >= 0.3 is 0 Å². The topological polar surface area (TPSA) is 64.0 Å². The lowest BCUT2D eigenvalue weighted by atomic mass is 9.92. The first-order chi connectivity index (χ1) is 10.1. The summed E-state index contributed by atoms with van der Waals surface area (Å²) in [6.45, 7) is 6.34. The summed E-state index contributed by atoms with van der Waals surface area (Å²) in [5.41, 5.74) is 2.86. The maximum absolute atomic E-state index is 12.1. The van der Waals surface area contributed by atoms with Crippen molar-refractivity contribution in [2.75, 3.05) is 0 Å². The van der Waals surface area contributed by atoms with Crippen LogP contribution in [0.15, 0.2) is 30.9 Å². The largest absolute Gasteiger partial charge is 0.296 e. The average molecular weight is 283 g/mol. The molecule has 0 aliphatic carbocycles. The molecular formula is C16H17N3O2. The molecule has 1 fully saturated rings. The molecule has 0 bridgehead atoms. The molecule has 2 aromatic rings. The second-order valence-corrected chi connectivity index (χ2v) is 5.38. The number of nitrogens with zero attached hydrogens (tertiary/aromatic N) is 2. The van der Waals surface area contributed by atoms with Crippen molar-refractivity contribution in [2.24, 2.45) is 0 Å². The van der Waals surface area contributed by atoms with E-state index in [1.165, 1.54) is 0 Å². The Morgan fingerprint density at radius 2 is 2.29 bits per heavy atom. The van der Waals surface area contributed by atoms with E-state index < -0.39 is 0 Å². The van der Waals surface area contributed by atoms with Crippen molar-refractivity contribution < 1.29 is 9.59 Å². The van der Waals surface area contributed by atoms with Gasteiger partial charge in [0.25, 0.3) is 0 Å². The minimum atomic E-state index is -0.363. The number of amides is 2. The number of imide groups is 1. The Balaban J connectivity index is 2.13. The van der Waals surface area contributed by atoms with E-state index in [2.05, 4.69) is 17.0 Å². The zero-order chi connectivity index (χ0) is 15.0. The first-order valence-electron chi connectivity index (χ1n) is 7.02. The predicted octanol–water partition coefficient (Wildman–Crippen LogP) is 2.05. The van der Waals surface area contributed by atoms with Gasteiger partial charge in [-0.25, -0.2) is 0 Å². The number of carbonyl (C=O) groups is 2. The van der Waals surface area contributed by atoms with Gasteiger partial charge in [-0.15, -0.1) is 6.58 Å². The number of hydrogen-bond acceptors (Lipinski definition) is 3. The molecule has 1 aliphatic heterocycles. The highest BCUT2D eigenvalue weighted by molar-refractivity contribution is 6.02. The molecule has 1 aromatic carbocycles. The van der Waals surface area contributed by atoms with E-state index in [0.717, 1.165) is 22.2 Å². The van der Waals surface area contributed by atoms with E-state index in [-0.39, 0.29) is 17.7 Å². The van der Waals surface area contributed by atoms with Crippen molar-refractivity contribution in [1.29, 1.82) is 0 Å². The Kier molecular flexibility index (Phi) is 3.33. The summed E-state index contributed by atoms with van der Waals surface area (Å²) in [5, 5.41) is 7.97. The summed E-state index contributed by atoms with van der Waals surface area (Å²) in [4.78, 5) is 23.4. The lowest BCUT2D eigenvalue weighted by Crippen LogP contribution is -2.39. The zero-order valence-corrected chi connectivity index (χ0v) is 11.9. The van der Waals surface area contributed by atoms with E-state index in [9.17, 15) is 9.59 Å². The Morgan fingerprint density at radius 3 is 3.00 bits per heavy atom. The van der Waals surface area contributed by atoms with E-state index in [1.54, 1.807) is 6.08 Å². The summed E-state index contributed by atoms with van der Waals surface area (Å²) in [5.74, 6) is -0.821. The van der Waals surface area contributed by atoms with Gasteiger partial charge in [-0.3, -0.25) is 19.6 Å². The van der Waals surface area contributed by atoms with Gasteiger partial charge < -0.3 is 0 Å². The number of carbonyl (C=O) groups excluding carboxylic acids is 2. The molecule has 5 heteroatoms. The number of benzene rings is 1. The van der Waals surface area contributed by atoms with Gasteiger partial charge in [0, 0.05) is 11.8 Å². The van der Waals surface area contributed by atoms with Crippen LogP contribution in [0.25, 0.3) is 10.9 Å². The van der Waals surface area contributed by atoms with Crippen molar-refractivity contribution in [3.05, 3.63) is 42.1 Å². The first-order valence-corrected chi connectivity index (χ1v) is 7.02. The molecule has 21 heavy (non-hydrogen) atoms. The van der Waals surface area contributed by atoms with E-state index in [4.69, 9.17) is 0 Å². The molecule has 2 heterocycles. The zero-order valence-electron chi connectivity index (χ0n) is 11.9. The van der Waals surface area contributed by atoms with Crippen LogP contribution in [-0.2, 0) is 16.1 Å². The van der Waals surface area contributed by atoms with Crippen LogP contribution in [0, 0.1) is 6.92 Å². The molecule has 1 aliphatic rings. The summed E-state index contributed by atoms with van der Waals surface area (Å²) in [7, 11) is 0. The lowest BCUT2D eigenvalue weighted by Gasteiger charge is -2.19. The number of hydrogen-bond donors (Lipinski definition) is 1. The van der Waals surface area contributed by atoms with Crippen molar-refractivity contribution in [1.82, 2.24) is 15.1 Å². The van der Waals surface area contributed by atoms with Gasteiger partial charge in [0.2, 0.25) is 11.8 Å². The molecule has 2 amide bonds. The number of rotatable bonds is 3. The van der Waals surface area contributed by atoms with Crippen LogP contribution in [0.4, 0.5) is 0 Å². The van der Waals surface area contributed by atoms with Crippen molar-refractivity contribution in [3.63, 3.8) is 0 Å².